The van der Waals surface area contributed by atoms with E-state index in [0.29, 0.717) is 0 Å². The summed E-state index contributed by atoms with van der Waals surface area (Å²) in [6.45, 7) is -0.342. The molecule has 0 saturated heterocycles. The molecule has 0 bridgehead atoms. The maximum absolute atomic E-state index is 12.0. The molecule has 17 heavy (non-hydrogen) atoms. The molecule has 1 unspecified atom stereocenters. The lowest BCUT2D eigenvalue weighted by molar-refractivity contribution is 0.00380. The number of anilines is 1. The summed E-state index contributed by atoms with van der Waals surface area (Å²) in [7, 11) is 1.45. The highest BCUT2D eigenvalue weighted by atomic mass is 19.3. The largest absolute Gasteiger partial charge is 0.385 e. The van der Waals surface area contributed by atoms with Gasteiger partial charge in [0, 0.05) is 13.6 Å². The summed E-state index contributed by atoms with van der Waals surface area (Å²) in [6.07, 6.45) is -4.59. The van der Waals surface area contributed by atoms with Crippen LogP contribution in [0.2, 0.25) is 0 Å². The Morgan fingerprint density at radius 1 is 1.47 bits per heavy atom. The van der Waals surface area contributed by atoms with Crippen molar-refractivity contribution in [3.8, 4) is 0 Å². The van der Waals surface area contributed by atoms with Crippen LogP contribution in [0, 0.1) is 0 Å². The number of rotatable bonds is 5. The average molecular weight is 246 g/mol. The Balaban J connectivity index is 2.54. The van der Waals surface area contributed by atoms with E-state index in [1.54, 1.807) is 0 Å². The molecule has 1 atom stereocenters. The topological polar surface area (TPSA) is 87.1 Å². The van der Waals surface area contributed by atoms with Gasteiger partial charge in [0.2, 0.25) is 0 Å². The van der Waals surface area contributed by atoms with Gasteiger partial charge >= 0.3 is 0 Å². The first kappa shape index (κ1) is 13.2. The van der Waals surface area contributed by atoms with Gasteiger partial charge in [0.25, 0.3) is 12.3 Å². The van der Waals surface area contributed by atoms with Crippen molar-refractivity contribution in [3.05, 3.63) is 17.8 Å². The number of nitrogens with zero attached hydrogens (tertiary/aromatic N) is 2. The maximum Gasteiger partial charge on any atom is 0.271 e. The number of alkyl halides is 2. The molecule has 94 valence electrons. The van der Waals surface area contributed by atoms with Gasteiger partial charge in [0.15, 0.2) is 5.69 Å². The normalized spacial score (nSPS) is 12.3. The van der Waals surface area contributed by atoms with Crippen LogP contribution in [0.4, 0.5) is 14.6 Å². The van der Waals surface area contributed by atoms with E-state index < -0.39 is 18.4 Å². The van der Waals surface area contributed by atoms with Crippen molar-refractivity contribution < 1.29 is 18.7 Å². The van der Waals surface area contributed by atoms with E-state index >= 15 is 0 Å². The number of hydrogen-bond donors (Lipinski definition) is 3. The summed E-state index contributed by atoms with van der Waals surface area (Å²) < 4.78 is 23.9. The van der Waals surface area contributed by atoms with Crippen LogP contribution in [0.25, 0.3) is 0 Å². The molecule has 0 saturated carbocycles. The Kier molecular flexibility index (Phi) is 4.70. The molecule has 1 aromatic heterocycles. The Morgan fingerprint density at radius 2 is 2.18 bits per heavy atom. The van der Waals surface area contributed by atoms with Crippen LogP contribution in [0.5, 0.6) is 0 Å². The second-order valence-corrected chi connectivity index (χ2v) is 3.17. The third kappa shape index (κ3) is 3.91. The Labute approximate surface area is 96.1 Å². The van der Waals surface area contributed by atoms with E-state index in [1.807, 2.05) is 0 Å². The van der Waals surface area contributed by atoms with Crippen molar-refractivity contribution >= 4 is 11.7 Å². The average Bonchev–Trinajstić information content (AvgIpc) is 2.35. The maximum atomic E-state index is 12.0. The van der Waals surface area contributed by atoms with Crippen molar-refractivity contribution in [1.82, 2.24) is 15.5 Å². The molecule has 1 aromatic rings. The second kappa shape index (κ2) is 6.04. The summed E-state index contributed by atoms with van der Waals surface area (Å²) in [6, 6.07) is 2.80. The molecule has 0 radical (unpaired) electrons. The second-order valence-electron chi connectivity index (χ2n) is 3.17. The summed E-state index contributed by atoms with van der Waals surface area (Å²) in [5.41, 5.74) is 0.118. The number of aliphatic hydroxyl groups excluding tert-OH is 1. The first-order valence-corrected chi connectivity index (χ1v) is 4.80. The predicted molar refractivity (Wildman–Crippen MR) is 55.9 cm³/mol. The van der Waals surface area contributed by atoms with Gasteiger partial charge < -0.3 is 15.7 Å². The lowest BCUT2D eigenvalue weighted by atomic mass is 10.3. The lowest BCUT2D eigenvalue weighted by Gasteiger charge is -2.10. The van der Waals surface area contributed by atoms with Gasteiger partial charge in [0.05, 0.1) is 0 Å². The van der Waals surface area contributed by atoms with Gasteiger partial charge in [0.1, 0.15) is 11.9 Å². The van der Waals surface area contributed by atoms with E-state index in [-0.39, 0.29) is 18.1 Å². The van der Waals surface area contributed by atoms with E-state index in [9.17, 15) is 13.6 Å². The molecular weight excluding hydrogens is 234 g/mol. The highest BCUT2D eigenvalue weighted by Crippen LogP contribution is 2.05. The molecule has 0 aromatic carbocycles. The van der Waals surface area contributed by atoms with Crippen LogP contribution in [0.1, 0.15) is 10.5 Å². The molecule has 8 heteroatoms. The summed E-state index contributed by atoms with van der Waals surface area (Å²) >= 11 is 0. The molecule has 3 N–H and O–H groups in total. The minimum Gasteiger partial charge on any atom is -0.385 e. The highest BCUT2D eigenvalue weighted by Gasteiger charge is 2.16. The molecule has 0 fully saturated rings. The minimum atomic E-state index is -2.82. The highest BCUT2D eigenvalue weighted by molar-refractivity contribution is 5.91. The summed E-state index contributed by atoms with van der Waals surface area (Å²) in [5, 5.41) is 20.9. The number of nitrogens with one attached hydrogen (secondary N) is 2. The molecule has 6 nitrogen and oxygen atoms in total. The zero-order valence-electron chi connectivity index (χ0n) is 9.02. The Hall–Kier alpha value is -1.83. The number of halogens is 2. The van der Waals surface area contributed by atoms with E-state index in [2.05, 4.69) is 20.8 Å². The standard InChI is InChI=1S/C9H12F2N4O2/c1-12-9(17)5-2-3-7(15-14-5)13-4-6(16)8(10)11/h2-3,6,8,16H,4H2,1H3,(H,12,17)(H,13,15). The molecule has 0 aliphatic rings. The van der Waals surface area contributed by atoms with Crippen molar-refractivity contribution in [3.63, 3.8) is 0 Å². The van der Waals surface area contributed by atoms with Crippen molar-refractivity contribution in [2.45, 2.75) is 12.5 Å². The third-order valence-corrected chi connectivity index (χ3v) is 1.91. The molecule has 1 amide bonds. The third-order valence-electron chi connectivity index (χ3n) is 1.91. The first-order valence-electron chi connectivity index (χ1n) is 4.80. The minimum absolute atomic E-state index is 0.118. The van der Waals surface area contributed by atoms with Gasteiger partial charge in [-0.05, 0) is 12.1 Å². The number of amides is 1. The first-order chi connectivity index (χ1) is 8.04. The van der Waals surface area contributed by atoms with Gasteiger partial charge in [-0.2, -0.15) is 0 Å². The smallest absolute Gasteiger partial charge is 0.271 e. The summed E-state index contributed by atoms with van der Waals surface area (Å²) in [4.78, 5) is 11.1. The fourth-order valence-corrected chi connectivity index (χ4v) is 0.974. The van der Waals surface area contributed by atoms with Crippen LogP contribution < -0.4 is 10.6 Å². The Bertz CT molecular complexity index is 372. The van der Waals surface area contributed by atoms with Gasteiger partial charge in [-0.25, -0.2) is 8.78 Å². The Morgan fingerprint density at radius 3 is 2.65 bits per heavy atom. The molecule has 0 spiro atoms. The van der Waals surface area contributed by atoms with Crippen molar-refractivity contribution in [2.24, 2.45) is 0 Å². The lowest BCUT2D eigenvalue weighted by Crippen LogP contribution is -2.27. The number of hydrogen-bond acceptors (Lipinski definition) is 5. The van der Waals surface area contributed by atoms with Crippen molar-refractivity contribution in [2.75, 3.05) is 18.9 Å². The molecule has 0 aliphatic heterocycles. The van der Waals surface area contributed by atoms with E-state index in [1.165, 1.54) is 19.2 Å². The van der Waals surface area contributed by atoms with Gasteiger partial charge in [-0.15, -0.1) is 10.2 Å². The quantitative estimate of drug-likeness (QED) is 0.674. The van der Waals surface area contributed by atoms with Crippen LogP contribution in [-0.2, 0) is 0 Å². The molecular formula is C9H12F2N4O2. The van der Waals surface area contributed by atoms with Crippen LogP contribution in [-0.4, -0.2) is 47.3 Å². The molecule has 1 rings (SSSR count). The number of carbonyl (C=O) groups is 1. The van der Waals surface area contributed by atoms with Gasteiger partial charge in [-0.1, -0.05) is 0 Å². The molecule has 1 heterocycles. The fraction of sp³-hybridized carbons (Fsp3) is 0.444. The molecule has 0 aliphatic carbocycles. The fourth-order valence-electron chi connectivity index (χ4n) is 0.974. The van der Waals surface area contributed by atoms with E-state index in [0.717, 1.165) is 0 Å². The monoisotopic (exact) mass is 246 g/mol. The van der Waals surface area contributed by atoms with Crippen LogP contribution >= 0.6 is 0 Å². The van der Waals surface area contributed by atoms with Gasteiger partial charge in [-0.3, -0.25) is 4.79 Å². The van der Waals surface area contributed by atoms with Crippen molar-refractivity contribution in [1.29, 1.82) is 0 Å². The van der Waals surface area contributed by atoms with Crippen LogP contribution in [0.3, 0.4) is 0 Å². The van der Waals surface area contributed by atoms with E-state index in [4.69, 9.17) is 5.11 Å². The summed E-state index contributed by atoms with van der Waals surface area (Å²) in [5.74, 6) is -0.186. The zero-order valence-corrected chi connectivity index (χ0v) is 9.02. The number of aliphatic hydroxyl groups is 1. The zero-order chi connectivity index (χ0) is 12.8. The van der Waals surface area contributed by atoms with Crippen LogP contribution in [0.15, 0.2) is 12.1 Å². The SMILES string of the molecule is CNC(=O)c1ccc(NCC(O)C(F)F)nn1. The number of aromatic nitrogens is 2. The predicted octanol–water partition coefficient (Wildman–Crippen LogP) is -0.126. The number of carbonyl (C=O) groups excluding carboxylic acids is 1.